The maximum atomic E-state index is 12.1. The summed E-state index contributed by atoms with van der Waals surface area (Å²) in [6.07, 6.45) is 3.42. The fourth-order valence-corrected chi connectivity index (χ4v) is 1.72. The van der Waals surface area contributed by atoms with Crippen molar-refractivity contribution in [1.29, 1.82) is 5.26 Å². The molecule has 2 atom stereocenters. The molecule has 1 rings (SSSR count). The Hall–Kier alpha value is -1.08. The first kappa shape index (κ1) is 13.0. The SMILES string of the molecule is CCC(C)[C@H](N)C(=O)N(CCC#N)C1CC1. The molecular formula is C12H21N3O. The van der Waals surface area contributed by atoms with Gasteiger partial charge in [-0.2, -0.15) is 5.26 Å². The summed E-state index contributed by atoms with van der Waals surface area (Å²) < 4.78 is 0. The van der Waals surface area contributed by atoms with Crippen molar-refractivity contribution in [3.63, 3.8) is 0 Å². The summed E-state index contributed by atoms with van der Waals surface area (Å²) in [5.41, 5.74) is 5.94. The quantitative estimate of drug-likeness (QED) is 0.737. The number of amides is 1. The van der Waals surface area contributed by atoms with Gasteiger partial charge in [-0.3, -0.25) is 4.79 Å². The molecule has 0 heterocycles. The molecule has 0 saturated heterocycles. The lowest BCUT2D eigenvalue weighted by molar-refractivity contribution is -0.134. The highest BCUT2D eigenvalue weighted by Crippen LogP contribution is 2.28. The Balaban J connectivity index is 2.56. The van der Waals surface area contributed by atoms with E-state index in [2.05, 4.69) is 6.07 Å². The molecular weight excluding hydrogens is 202 g/mol. The number of carbonyl (C=O) groups is 1. The summed E-state index contributed by atoms with van der Waals surface area (Å²) in [6.45, 7) is 4.57. The molecule has 90 valence electrons. The molecule has 4 nitrogen and oxygen atoms in total. The molecule has 16 heavy (non-hydrogen) atoms. The van der Waals surface area contributed by atoms with Crippen LogP contribution in [-0.2, 0) is 4.79 Å². The zero-order valence-corrected chi connectivity index (χ0v) is 10.1. The van der Waals surface area contributed by atoms with Crippen LogP contribution in [0.4, 0.5) is 0 Å². The topological polar surface area (TPSA) is 70.1 Å². The summed E-state index contributed by atoms with van der Waals surface area (Å²) in [5.74, 6) is 0.225. The Labute approximate surface area is 97.4 Å². The third kappa shape index (κ3) is 3.21. The number of rotatable bonds is 6. The van der Waals surface area contributed by atoms with Gasteiger partial charge in [0.1, 0.15) is 0 Å². The van der Waals surface area contributed by atoms with Crippen LogP contribution in [0.1, 0.15) is 39.5 Å². The first-order chi connectivity index (χ1) is 7.61. The molecule has 0 aliphatic heterocycles. The van der Waals surface area contributed by atoms with Gasteiger partial charge < -0.3 is 10.6 Å². The van der Waals surface area contributed by atoms with E-state index in [0.717, 1.165) is 19.3 Å². The molecule has 1 saturated carbocycles. The van der Waals surface area contributed by atoms with E-state index in [1.54, 1.807) is 4.90 Å². The van der Waals surface area contributed by atoms with Crippen LogP contribution >= 0.6 is 0 Å². The van der Waals surface area contributed by atoms with E-state index in [0.29, 0.717) is 19.0 Å². The van der Waals surface area contributed by atoms with E-state index in [1.807, 2.05) is 13.8 Å². The average molecular weight is 223 g/mol. The summed E-state index contributed by atoms with van der Waals surface area (Å²) in [7, 11) is 0. The highest BCUT2D eigenvalue weighted by Gasteiger charge is 2.35. The van der Waals surface area contributed by atoms with Gasteiger partial charge >= 0.3 is 0 Å². The van der Waals surface area contributed by atoms with Crippen LogP contribution in [0.3, 0.4) is 0 Å². The molecule has 0 aromatic carbocycles. The zero-order chi connectivity index (χ0) is 12.1. The largest absolute Gasteiger partial charge is 0.337 e. The number of nitriles is 1. The maximum absolute atomic E-state index is 12.1. The molecule has 1 fully saturated rings. The number of nitrogens with zero attached hydrogens (tertiary/aromatic N) is 2. The molecule has 1 amide bonds. The molecule has 1 aliphatic carbocycles. The fraction of sp³-hybridized carbons (Fsp3) is 0.833. The highest BCUT2D eigenvalue weighted by atomic mass is 16.2. The summed E-state index contributed by atoms with van der Waals surface area (Å²) >= 11 is 0. The second-order valence-electron chi connectivity index (χ2n) is 4.58. The lowest BCUT2D eigenvalue weighted by atomic mass is 9.99. The molecule has 0 aromatic heterocycles. The monoisotopic (exact) mass is 223 g/mol. The second kappa shape index (κ2) is 5.86. The standard InChI is InChI=1S/C12H21N3O/c1-3-9(2)11(14)12(16)15(8-4-7-13)10-5-6-10/h9-11H,3-6,8,14H2,1-2H3/t9?,11-/m0/s1. The van der Waals surface area contributed by atoms with Crippen molar-refractivity contribution < 1.29 is 4.79 Å². The zero-order valence-electron chi connectivity index (χ0n) is 10.1. The number of hydrogen-bond acceptors (Lipinski definition) is 3. The van der Waals surface area contributed by atoms with Gasteiger partial charge in [-0.25, -0.2) is 0 Å². The van der Waals surface area contributed by atoms with Crippen LogP contribution < -0.4 is 5.73 Å². The lowest BCUT2D eigenvalue weighted by Gasteiger charge is -2.27. The smallest absolute Gasteiger partial charge is 0.240 e. The van der Waals surface area contributed by atoms with Gasteiger partial charge in [0, 0.05) is 12.6 Å². The normalized spacial score (nSPS) is 18.6. The Morgan fingerprint density at radius 1 is 1.62 bits per heavy atom. The van der Waals surface area contributed by atoms with Crippen molar-refractivity contribution >= 4 is 5.91 Å². The van der Waals surface area contributed by atoms with Crippen molar-refractivity contribution in [3.8, 4) is 6.07 Å². The summed E-state index contributed by atoms with van der Waals surface area (Å²) in [6, 6.07) is 2.01. The molecule has 0 radical (unpaired) electrons. The minimum atomic E-state index is -0.413. The van der Waals surface area contributed by atoms with Crippen molar-refractivity contribution in [1.82, 2.24) is 4.90 Å². The Morgan fingerprint density at radius 2 is 2.25 bits per heavy atom. The minimum absolute atomic E-state index is 0.0205. The highest BCUT2D eigenvalue weighted by molar-refractivity contribution is 5.82. The third-order valence-corrected chi connectivity index (χ3v) is 3.28. The number of hydrogen-bond donors (Lipinski definition) is 1. The Kier molecular flexibility index (Phi) is 4.75. The van der Waals surface area contributed by atoms with Crippen molar-refractivity contribution in [3.05, 3.63) is 0 Å². The molecule has 0 aromatic rings. The predicted molar refractivity (Wildman–Crippen MR) is 62.4 cm³/mol. The first-order valence-electron chi connectivity index (χ1n) is 6.04. The van der Waals surface area contributed by atoms with Crippen LogP contribution in [0.15, 0.2) is 0 Å². The van der Waals surface area contributed by atoms with Crippen LogP contribution in [0.5, 0.6) is 0 Å². The number of nitrogens with two attached hydrogens (primary N) is 1. The van der Waals surface area contributed by atoms with Crippen molar-refractivity contribution in [2.75, 3.05) is 6.54 Å². The van der Waals surface area contributed by atoms with Crippen LogP contribution in [-0.4, -0.2) is 29.4 Å². The predicted octanol–water partition coefficient (Wildman–Crippen LogP) is 1.26. The Morgan fingerprint density at radius 3 is 2.69 bits per heavy atom. The van der Waals surface area contributed by atoms with Gasteiger partial charge in [-0.05, 0) is 18.8 Å². The molecule has 4 heteroatoms. The molecule has 0 spiro atoms. The molecule has 2 N–H and O–H groups in total. The van der Waals surface area contributed by atoms with E-state index in [1.165, 1.54) is 0 Å². The first-order valence-corrected chi connectivity index (χ1v) is 6.04. The van der Waals surface area contributed by atoms with Gasteiger partial charge in [-0.15, -0.1) is 0 Å². The molecule has 0 bridgehead atoms. The summed E-state index contributed by atoms with van der Waals surface area (Å²) in [5, 5.41) is 8.57. The number of carbonyl (C=O) groups excluding carboxylic acids is 1. The van der Waals surface area contributed by atoms with Crippen molar-refractivity contribution in [2.24, 2.45) is 11.7 Å². The Bertz CT molecular complexity index is 280. The van der Waals surface area contributed by atoms with Crippen LogP contribution in [0.2, 0.25) is 0 Å². The van der Waals surface area contributed by atoms with Gasteiger partial charge in [0.05, 0.1) is 18.5 Å². The van der Waals surface area contributed by atoms with Gasteiger partial charge in [0.2, 0.25) is 5.91 Å². The van der Waals surface area contributed by atoms with Crippen LogP contribution in [0.25, 0.3) is 0 Å². The minimum Gasteiger partial charge on any atom is -0.337 e. The maximum Gasteiger partial charge on any atom is 0.240 e. The lowest BCUT2D eigenvalue weighted by Crippen LogP contribution is -2.48. The van der Waals surface area contributed by atoms with E-state index in [4.69, 9.17) is 11.0 Å². The van der Waals surface area contributed by atoms with E-state index in [-0.39, 0.29) is 11.8 Å². The molecule has 1 aliphatic rings. The van der Waals surface area contributed by atoms with Crippen molar-refractivity contribution in [2.45, 2.75) is 51.6 Å². The van der Waals surface area contributed by atoms with Crippen LogP contribution in [0, 0.1) is 17.2 Å². The van der Waals surface area contributed by atoms with Gasteiger partial charge in [0.15, 0.2) is 0 Å². The third-order valence-electron chi connectivity index (χ3n) is 3.28. The van der Waals surface area contributed by atoms with E-state index < -0.39 is 6.04 Å². The average Bonchev–Trinajstić information content (AvgIpc) is 3.11. The van der Waals surface area contributed by atoms with Gasteiger partial charge in [0.25, 0.3) is 0 Å². The van der Waals surface area contributed by atoms with E-state index in [9.17, 15) is 4.79 Å². The fourth-order valence-electron chi connectivity index (χ4n) is 1.72. The van der Waals surface area contributed by atoms with Gasteiger partial charge in [-0.1, -0.05) is 20.3 Å². The second-order valence-corrected chi connectivity index (χ2v) is 4.58. The van der Waals surface area contributed by atoms with E-state index >= 15 is 0 Å². The molecule has 1 unspecified atom stereocenters. The summed E-state index contributed by atoms with van der Waals surface area (Å²) in [4.78, 5) is 13.9.